The van der Waals surface area contributed by atoms with Crippen molar-refractivity contribution in [3.05, 3.63) is 50.3 Å². The molecule has 0 aliphatic carbocycles. The Kier molecular flexibility index (Phi) is 7.89. The zero-order chi connectivity index (χ0) is 13.9. The summed E-state index contributed by atoms with van der Waals surface area (Å²) in [4.78, 5) is 0. The van der Waals surface area contributed by atoms with E-state index in [9.17, 15) is 0 Å². The molecule has 0 bridgehead atoms. The van der Waals surface area contributed by atoms with Gasteiger partial charge >= 0.3 is 0 Å². The standard InChI is InChI=1S/C15H22O4/c1-4-8-16-12-14-15(19-10-6-3)13(7-11-18-14)17-9-5-2/h4-7,11,13-15H,1-3,8-10,12H2. The molecular formula is C15H22O4. The molecule has 3 atom stereocenters. The molecule has 4 nitrogen and oxygen atoms in total. The van der Waals surface area contributed by atoms with Crippen molar-refractivity contribution in [2.45, 2.75) is 18.3 Å². The lowest BCUT2D eigenvalue weighted by Gasteiger charge is -2.34. The minimum absolute atomic E-state index is 0.177. The molecule has 3 unspecified atom stereocenters. The fourth-order valence-electron chi connectivity index (χ4n) is 1.73. The lowest BCUT2D eigenvalue weighted by molar-refractivity contribution is -0.128. The maximum atomic E-state index is 5.73. The van der Waals surface area contributed by atoms with Crippen LogP contribution in [0.2, 0.25) is 0 Å². The third-order valence-electron chi connectivity index (χ3n) is 2.54. The number of rotatable bonds is 10. The molecule has 0 saturated heterocycles. The molecule has 0 spiro atoms. The number of hydrogen-bond acceptors (Lipinski definition) is 4. The number of ether oxygens (including phenoxy) is 4. The highest BCUT2D eigenvalue weighted by Crippen LogP contribution is 2.19. The molecule has 0 N–H and O–H groups in total. The summed E-state index contributed by atoms with van der Waals surface area (Å²) in [7, 11) is 0. The smallest absolute Gasteiger partial charge is 0.150 e. The highest BCUT2D eigenvalue weighted by atomic mass is 16.6. The second-order valence-corrected chi connectivity index (χ2v) is 4.00. The van der Waals surface area contributed by atoms with Crippen LogP contribution in [-0.2, 0) is 18.9 Å². The molecule has 1 rings (SSSR count). The minimum Gasteiger partial charge on any atom is -0.493 e. The first-order chi connectivity index (χ1) is 9.33. The van der Waals surface area contributed by atoms with Gasteiger partial charge in [-0.2, -0.15) is 0 Å². The van der Waals surface area contributed by atoms with Crippen molar-refractivity contribution in [2.24, 2.45) is 0 Å². The topological polar surface area (TPSA) is 36.9 Å². The Balaban J connectivity index is 2.59. The fourth-order valence-corrected chi connectivity index (χ4v) is 1.73. The molecule has 0 aromatic heterocycles. The van der Waals surface area contributed by atoms with E-state index in [4.69, 9.17) is 18.9 Å². The Labute approximate surface area is 115 Å². The molecule has 0 aromatic carbocycles. The van der Waals surface area contributed by atoms with Crippen LogP contribution in [-0.4, -0.2) is 44.7 Å². The van der Waals surface area contributed by atoms with Crippen LogP contribution in [0.25, 0.3) is 0 Å². The van der Waals surface area contributed by atoms with Crippen LogP contribution in [0.1, 0.15) is 0 Å². The summed E-state index contributed by atoms with van der Waals surface area (Å²) in [6.07, 6.45) is 7.95. The summed E-state index contributed by atoms with van der Waals surface area (Å²) in [6.45, 7) is 12.7. The molecule has 0 radical (unpaired) electrons. The van der Waals surface area contributed by atoms with Gasteiger partial charge in [0, 0.05) is 0 Å². The van der Waals surface area contributed by atoms with E-state index in [1.54, 1.807) is 24.5 Å². The Bertz CT molecular complexity index is 311. The average molecular weight is 266 g/mol. The molecule has 1 heterocycles. The summed E-state index contributed by atoms with van der Waals surface area (Å²) in [6, 6.07) is 0. The predicted octanol–water partition coefficient (Wildman–Crippen LogP) is 2.24. The van der Waals surface area contributed by atoms with E-state index in [1.165, 1.54) is 0 Å². The summed E-state index contributed by atoms with van der Waals surface area (Å²) >= 11 is 0. The van der Waals surface area contributed by atoms with Crippen molar-refractivity contribution in [3.63, 3.8) is 0 Å². The van der Waals surface area contributed by atoms with Gasteiger partial charge in [-0.15, -0.1) is 19.7 Å². The largest absolute Gasteiger partial charge is 0.493 e. The van der Waals surface area contributed by atoms with Gasteiger partial charge < -0.3 is 18.9 Å². The lowest BCUT2D eigenvalue weighted by Crippen LogP contribution is -2.46. The second-order valence-electron chi connectivity index (χ2n) is 4.00. The maximum absolute atomic E-state index is 5.73. The summed E-state index contributed by atoms with van der Waals surface area (Å²) in [5, 5.41) is 0. The first-order valence-electron chi connectivity index (χ1n) is 6.29. The monoisotopic (exact) mass is 266 g/mol. The third kappa shape index (κ3) is 5.42. The van der Waals surface area contributed by atoms with Gasteiger partial charge in [0.15, 0.2) is 0 Å². The normalized spacial score (nSPS) is 25.6. The lowest BCUT2D eigenvalue weighted by atomic mass is 10.1. The summed E-state index contributed by atoms with van der Waals surface area (Å²) < 4.78 is 22.4. The highest BCUT2D eigenvalue weighted by Gasteiger charge is 2.33. The van der Waals surface area contributed by atoms with Gasteiger partial charge in [-0.3, -0.25) is 0 Å². The predicted molar refractivity (Wildman–Crippen MR) is 74.9 cm³/mol. The van der Waals surface area contributed by atoms with Crippen LogP contribution in [0.5, 0.6) is 0 Å². The van der Waals surface area contributed by atoms with Crippen LogP contribution in [0.15, 0.2) is 50.3 Å². The Hall–Kier alpha value is -1.36. The van der Waals surface area contributed by atoms with Crippen LogP contribution >= 0.6 is 0 Å². The van der Waals surface area contributed by atoms with E-state index in [0.717, 1.165) is 0 Å². The van der Waals surface area contributed by atoms with Crippen LogP contribution < -0.4 is 0 Å². The van der Waals surface area contributed by atoms with Crippen molar-refractivity contribution >= 4 is 0 Å². The van der Waals surface area contributed by atoms with Crippen molar-refractivity contribution in [3.8, 4) is 0 Å². The zero-order valence-electron chi connectivity index (χ0n) is 11.2. The minimum atomic E-state index is -0.229. The van der Waals surface area contributed by atoms with E-state index in [1.807, 2.05) is 6.08 Å². The van der Waals surface area contributed by atoms with E-state index in [0.29, 0.717) is 26.4 Å². The SMILES string of the molecule is C=CCOCC1OC=CC(OCC=C)C1OCC=C. The Morgan fingerprint density at radius 1 is 1.00 bits per heavy atom. The van der Waals surface area contributed by atoms with E-state index >= 15 is 0 Å². The molecule has 0 amide bonds. The number of hydrogen-bond donors (Lipinski definition) is 0. The van der Waals surface area contributed by atoms with Crippen LogP contribution in [0.3, 0.4) is 0 Å². The Morgan fingerprint density at radius 2 is 1.68 bits per heavy atom. The van der Waals surface area contributed by atoms with Gasteiger partial charge in [0.05, 0.1) is 32.7 Å². The molecule has 0 fully saturated rings. The summed E-state index contributed by atoms with van der Waals surface area (Å²) in [5.74, 6) is 0. The van der Waals surface area contributed by atoms with Gasteiger partial charge in [0.2, 0.25) is 0 Å². The first-order valence-corrected chi connectivity index (χ1v) is 6.29. The van der Waals surface area contributed by atoms with Gasteiger partial charge in [0.25, 0.3) is 0 Å². The maximum Gasteiger partial charge on any atom is 0.150 e. The van der Waals surface area contributed by atoms with E-state index < -0.39 is 0 Å². The molecule has 1 aliphatic heterocycles. The van der Waals surface area contributed by atoms with Gasteiger partial charge in [0.1, 0.15) is 18.3 Å². The van der Waals surface area contributed by atoms with Crippen molar-refractivity contribution < 1.29 is 18.9 Å². The van der Waals surface area contributed by atoms with Crippen LogP contribution in [0.4, 0.5) is 0 Å². The quantitative estimate of drug-likeness (QED) is 0.449. The van der Waals surface area contributed by atoms with Crippen molar-refractivity contribution in [1.82, 2.24) is 0 Å². The average Bonchev–Trinajstić information content (AvgIpc) is 2.44. The second kappa shape index (κ2) is 9.55. The fraction of sp³-hybridized carbons (Fsp3) is 0.467. The van der Waals surface area contributed by atoms with Gasteiger partial charge in [-0.05, 0) is 6.08 Å². The highest BCUT2D eigenvalue weighted by molar-refractivity contribution is 4.99. The van der Waals surface area contributed by atoms with Crippen molar-refractivity contribution in [1.29, 1.82) is 0 Å². The molecule has 0 aromatic rings. The molecule has 106 valence electrons. The van der Waals surface area contributed by atoms with Crippen LogP contribution in [0, 0.1) is 0 Å². The van der Waals surface area contributed by atoms with Crippen molar-refractivity contribution in [2.75, 3.05) is 26.4 Å². The Morgan fingerprint density at radius 3 is 2.37 bits per heavy atom. The van der Waals surface area contributed by atoms with E-state index in [-0.39, 0.29) is 18.3 Å². The van der Waals surface area contributed by atoms with Gasteiger partial charge in [-0.25, -0.2) is 0 Å². The molecule has 4 heteroatoms. The molecule has 19 heavy (non-hydrogen) atoms. The first kappa shape index (κ1) is 15.7. The molecule has 1 aliphatic rings. The van der Waals surface area contributed by atoms with Gasteiger partial charge in [-0.1, -0.05) is 18.2 Å². The molecular weight excluding hydrogens is 244 g/mol. The summed E-state index contributed by atoms with van der Waals surface area (Å²) in [5.41, 5.74) is 0. The molecule has 0 saturated carbocycles. The zero-order valence-corrected chi connectivity index (χ0v) is 11.2. The third-order valence-corrected chi connectivity index (χ3v) is 2.54. The van der Waals surface area contributed by atoms with E-state index in [2.05, 4.69) is 19.7 Å².